The zero-order chi connectivity index (χ0) is 9.47. The van der Waals surface area contributed by atoms with E-state index in [-0.39, 0.29) is 5.41 Å². The van der Waals surface area contributed by atoms with E-state index in [1.807, 2.05) is 0 Å². The molecule has 0 saturated heterocycles. The van der Waals surface area contributed by atoms with Crippen molar-refractivity contribution in [3.63, 3.8) is 0 Å². The Morgan fingerprint density at radius 1 is 1.31 bits per heavy atom. The maximum Gasteiger partial charge on any atom is 0.159 e. The molecule has 70 valence electrons. The van der Waals surface area contributed by atoms with E-state index in [4.69, 9.17) is 4.74 Å². The third-order valence-corrected chi connectivity index (χ3v) is 2.34. The second-order valence-corrected chi connectivity index (χ2v) is 4.43. The van der Waals surface area contributed by atoms with Crippen LogP contribution in [0.25, 0.3) is 0 Å². The van der Waals surface area contributed by atoms with E-state index >= 15 is 0 Å². The second-order valence-electron chi connectivity index (χ2n) is 4.43. The fourth-order valence-electron chi connectivity index (χ4n) is 1.45. The number of benzene rings is 1. The van der Waals surface area contributed by atoms with Crippen molar-refractivity contribution in [3.8, 4) is 5.75 Å². The van der Waals surface area contributed by atoms with Crippen molar-refractivity contribution in [1.29, 1.82) is 0 Å². The Balaban J connectivity index is 2.42. The summed E-state index contributed by atoms with van der Waals surface area (Å²) >= 11 is 0. The number of ether oxygens (including phenoxy) is 1. The van der Waals surface area contributed by atoms with Gasteiger partial charge in [-0.15, -0.1) is 0 Å². The van der Waals surface area contributed by atoms with E-state index in [1.54, 1.807) is 0 Å². The smallest absolute Gasteiger partial charge is 0.159 e. The quantitative estimate of drug-likeness (QED) is 0.658. The topological polar surface area (TPSA) is 21.3 Å². The summed E-state index contributed by atoms with van der Waals surface area (Å²) in [7, 11) is 0. The van der Waals surface area contributed by atoms with Crippen LogP contribution >= 0.6 is 0 Å². The highest BCUT2D eigenvalue weighted by molar-refractivity contribution is 5.60. The molecule has 1 aliphatic rings. The molecule has 1 aromatic rings. The lowest BCUT2D eigenvalue weighted by molar-refractivity contribution is 0.371. The molecule has 0 atom stereocenters. The molecule has 1 aromatic carbocycles. The Morgan fingerprint density at radius 2 is 2.08 bits per heavy atom. The summed E-state index contributed by atoms with van der Waals surface area (Å²) in [4.78, 5) is 0. The van der Waals surface area contributed by atoms with Gasteiger partial charge in [-0.2, -0.15) is 0 Å². The van der Waals surface area contributed by atoms with Gasteiger partial charge in [-0.25, -0.2) is 0 Å². The third kappa shape index (κ3) is 1.48. The molecule has 2 rings (SSSR count). The van der Waals surface area contributed by atoms with Gasteiger partial charge in [0.15, 0.2) is 6.73 Å². The van der Waals surface area contributed by atoms with E-state index in [0.717, 1.165) is 11.4 Å². The lowest BCUT2D eigenvalue weighted by atomic mass is 9.87. The predicted octanol–water partition coefficient (Wildman–Crippen LogP) is 2.75. The maximum atomic E-state index is 5.42. The van der Waals surface area contributed by atoms with Crippen molar-refractivity contribution < 1.29 is 4.74 Å². The SMILES string of the molecule is CC(C)(C)c1ccc2c(c1)OCN2. The summed E-state index contributed by atoms with van der Waals surface area (Å²) in [6.07, 6.45) is 0. The predicted molar refractivity (Wildman–Crippen MR) is 54.3 cm³/mol. The normalized spacial score (nSPS) is 14.7. The molecule has 0 aromatic heterocycles. The summed E-state index contributed by atoms with van der Waals surface area (Å²) < 4.78 is 5.42. The Kier molecular flexibility index (Phi) is 1.72. The average Bonchev–Trinajstić information content (AvgIpc) is 2.47. The molecule has 0 fully saturated rings. The molecule has 0 unspecified atom stereocenters. The Bertz CT molecular complexity index is 325. The Morgan fingerprint density at radius 3 is 2.77 bits per heavy atom. The van der Waals surface area contributed by atoms with E-state index in [0.29, 0.717) is 6.73 Å². The number of hydrogen-bond donors (Lipinski definition) is 1. The number of nitrogens with one attached hydrogen (secondary N) is 1. The van der Waals surface area contributed by atoms with Crippen LogP contribution in [0.4, 0.5) is 5.69 Å². The lowest BCUT2D eigenvalue weighted by Crippen LogP contribution is -2.10. The first-order valence-corrected chi connectivity index (χ1v) is 4.58. The molecule has 1 N–H and O–H groups in total. The molecule has 0 radical (unpaired) electrons. The number of rotatable bonds is 0. The molecule has 0 spiro atoms. The van der Waals surface area contributed by atoms with E-state index in [1.165, 1.54) is 5.56 Å². The van der Waals surface area contributed by atoms with Crippen molar-refractivity contribution in [3.05, 3.63) is 23.8 Å². The van der Waals surface area contributed by atoms with Crippen LogP contribution in [0.1, 0.15) is 26.3 Å². The van der Waals surface area contributed by atoms with Crippen LogP contribution in [-0.2, 0) is 5.41 Å². The molecule has 1 aliphatic heterocycles. The van der Waals surface area contributed by atoms with E-state index in [2.05, 4.69) is 44.3 Å². The molecule has 2 heteroatoms. The standard InChI is InChI=1S/C11H15NO/c1-11(2,3)8-4-5-9-10(6-8)13-7-12-9/h4-6,12H,7H2,1-3H3. The Labute approximate surface area is 78.9 Å². The number of anilines is 1. The van der Waals surface area contributed by atoms with Gasteiger partial charge in [0.25, 0.3) is 0 Å². The Hall–Kier alpha value is -1.18. The number of hydrogen-bond acceptors (Lipinski definition) is 2. The fourth-order valence-corrected chi connectivity index (χ4v) is 1.45. The molecule has 2 nitrogen and oxygen atoms in total. The van der Waals surface area contributed by atoms with Gasteiger partial charge in [-0.3, -0.25) is 0 Å². The van der Waals surface area contributed by atoms with Crippen molar-refractivity contribution >= 4 is 5.69 Å². The molecular formula is C11H15NO. The minimum Gasteiger partial charge on any atom is -0.471 e. The molecule has 0 aliphatic carbocycles. The first kappa shape index (κ1) is 8.42. The first-order valence-electron chi connectivity index (χ1n) is 4.58. The minimum absolute atomic E-state index is 0.195. The molecule has 0 bridgehead atoms. The van der Waals surface area contributed by atoms with Crippen LogP contribution < -0.4 is 10.1 Å². The van der Waals surface area contributed by atoms with Crippen LogP contribution in [0.2, 0.25) is 0 Å². The van der Waals surface area contributed by atoms with Crippen LogP contribution in [-0.4, -0.2) is 6.73 Å². The van der Waals surface area contributed by atoms with Gasteiger partial charge in [0.2, 0.25) is 0 Å². The summed E-state index contributed by atoms with van der Waals surface area (Å²) in [6.45, 7) is 7.22. The van der Waals surface area contributed by atoms with Crippen LogP contribution in [0.3, 0.4) is 0 Å². The van der Waals surface area contributed by atoms with E-state index < -0.39 is 0 Å². The van der Waals surface area contributed by atoms with E-state index in [9.17, 15) is 0 Å². The van der Waals surface area contributed by atoms with Crippen LogP contribution in [0.5, 0.6) is 5.75 Å². The lowest BCUT2D eigenvalue weighted by Gasteiger charge is -2.19. The minimum atomic E-state index is 0.195. The van der Waals surface area contributed by atoms with Gasteiger partial charge in [0.1, 0.15) is 5.75 Å². The largest absolute Gasteiger partial charge is 0.471 e. The summed E-state index contributed by atoms with van der Waals surface area (Å²) in [5.74, 6) is 0.979. The first-order chi connectivity index (χ1) is 6.07. The highest BCUT2D eigenvalue weighted by Crippen LogP contribution is 2.33. The van der Waals surface area contributed by atoms with Gasteiger partial charge < -0.3 is 10.1 Å². The zero-order valence-electron chi connectivity index (χ0n) is 8.35. The monoisotopic (exact) mass is 177 g/mol. The fraction of sp³-hybridized carbons (Fsp3) is 0.455. The van der Waals surface area contributed by atoms with Gasteiger partial charge in [0.05, 0.1) is 5.69 Å². The van der Waals surface area contributed by atoms with Gasteiger partial charge in [-0.05, 0) is 23.1 Å². The number of fused-ring (bicyclic) bond motifs is 1. The van der Waals surface area contributed by atoms with Crippen LogP contribution in [0, 0.1) is 0 Å². The second kappa shape index (κ2) is 2.66. The molecule has 13 heavy (non-hydrogen) atoms. The summed E-state index contributed by atoms with van der Waals surface area (Å²) in [6, 6.07) is 6.36. The molecule has 0 saturated carbocycles. The third-order valence-electron chi connectivity index (χ3n) is 2.34. The molecule has 1 heterocycles. The van der Waals surface area contributed by atoms with Crippen molar-refractivity contribution in [2.24, 2.45) is 0 Å². The summed E-state index contributed by atoms with van der Waals surface area (Å²) in [5.41, 5.74) is 2.61. The molecule has 0 amide bonds. The average molecular weight is 177 g/mol. The van der Waals surface area contributed by atoms with Gasteiger partial charge in [-0.1, -0.05) is 26.8 Å². The van der Waals surface area contributed by atoms with Gasteiger partial charge in [0, 0.05) is 0 Å². The van der Waals surface area contributed by atoms with Crippen molar-refractivity contribution in [2.45, 2.75) is 26.2 Å². The van der Waals surface area contributed by atoms with Crippen molar-refractivity contribution in [2.75, 3.05) is 12.0 Å². The molecular weight excluding hydrogens is 162 g/mol. The summed E-state index contributed by atoms with van der Waals surface area (Å²) in [5, 5.41) is 3.16. The van der Waals surface area contributed by atoms with Crippen molar-refractivity contribution in [1.82, 2.24) is 0 Å². The van der Waals surface area contributed by atoms with Gasteiger partial charge >= 0.3 is 0 Å². The maximum absolute atomic E-state index is 5.42. The zero-order valence-corrected chi connectivity index (χ0v) is 8.35. The van der Waals surface area contributed by atoms with Crippen LogP contribution in [0.15, 0.2) is 18.2 Å². The highest BCUT2D eigenvalue weighted by Gasteiger charge is 2.18. The highest BCUT2D eigenvalue weighted by atomic mass is 16.5.